The van der Waals surface area contributed by atoms with Gasteiger partial charge in [0.05, 0.1) is 13.1 Å². The van der Waals surface area contributed by atoms with Gasteiger partial charge in [-0.05, 0) is 18.6 Å². The van der Waals surface area contributed by atoms with Crippen LogP contribution in [0.25, 0.3) is 11.5 Å². The molecule has 2 aliphatic heterocycles. The molecule has 1 aromatic heterocycles. The Morgan fingerprint density at radius 2 is 2.00 bits per heavy atom. The summed E-state index contributed by atoms with van der Waals surface area (Å²) >= 11 is 0. The highest BCUT2D eigenvalue weighted by atomic mass is 16.4. The van der Waals surface area contributed by atoms with Crippen molar-refractivity contribution in [2.75, 3.05) is 19.6 Å². The number of hydrogen-bond donors (Lipinski definition) is 0. The second kappa shape index (κ2) is 6.11. The molecule has 0 spiro atoms. The Labute approximate surface area is 140 Å². The Bertz CT molecular complexity index is 769. The lowest BCUT2D eigenvalue weighted by Gasteiger charge is -2.27. The van der Waals surface area contributed by atoms with Crippen molar-refractivity contribution in [3.8, 4) is 11.5 Å². The molecule has 0 atom stereocenters. The van der Waals surface area contributed by atoms with Gasteiger partial charge < -0.3 is 14.2 Å². The highest BCUT2D eigenvalue weighted by Gasteiger charge is 2.29. The number of hydrogen-bond acceptors (Lipinski definition) is 4. The van der Waals surface area contributed by atoms with Crippen LogP contribution in [0.3, 0.4) is 0 Å². The number of likely N-dealkylation sites (tertiary alicyclic amines) is 1. The van der Waals surface area contributed by atoms with Gasteiger partial charge in [-0.15, -0.1) is 0 Å². The summed E-state index contributed by atoms with van der Waals surface area (Å²) in [7, 11) is 0. The molecule has 124 valence electrons. The van der Waals surface area contributed by atoms with Crippen LogP contribution in [0.5, 0.6) is 0 Å². The molecule has 4 rings (SSSR count). The molecule has 0 unspecified atom stereocenters. The fourth-order valence-corrected chi connectivity index (χ4v) is 3.25. The van der Waals surface area contributed by atoms with E-state index < -0.39 is 0 Å². The van der Waals surface area contributed by atoms with Crippen molar-refractivity contribution in [1.29, 1.82) is 0 Å². The molecule has 1 fully saturated rings. The van der Waals surface area contributed by atoms with Crippen molar-refractivity contribution in [2.24, 2.45) is 0 Å². The molecule has 0 N–H and O–H groups in total. The normalized spacial score (nSPS) is 17.2. The van der Waals surface area contributed by atoms with E-state index in [1.54, 1.807) is 9.80 Å². The summed E-state index contributed by atoms with van der Waals surface area (Å²) in [6.07, 6.45) is 2.07. The second-order valence-corrected chi connectivity index (χ2v) is 6.24. The van der Waals surface area contributed by atoms with Crippen LogP contribution in [-0.4, -0.2) is 46.2 Å². The molecule has 1 aromatic carbocycles. The maximum atomic E-state index is 12.5. The number of nitrogens with zero attached hydrogens (tertiary/aromatic N) is 3. The van der Waals surface area contributed by atoms with Gasteiger partial charge in [0, 0.05) is 31.5 Å². The molecule has 0 radical (unpaired) electrons. The third-order valence-corrected chi connectivity index (χ3v) is 4.60. The van der Waals surface area contributed by atoms with Gasteiger partial charge in [0.2, 0.25) is 17.7 Å². The monoisotopic (exact) mass is 325 g/mol. The number of carbonyl (C=O) groups is 2. The zero-order chi connectivity index (χ0) is 16.5. The quantitative estimate of drug-likeness (QED) is 0.864. The third kappa shape index (κ3) is 2.79. The van der Waals surface area contributed by atoms with Gasteiger partial charge >= 0.3 is 0 Å². The van der Waals surface area contributed by atoms with Gasteiger partial charge in [-0.2, -0.15) is 0 Å². The number of amides is 2. The van der Waals surface area contributed by atoms with E-state index in [9.17, 15) is 9.59 Å². The van der Waals surface area contributed by atoms with Crippen LogP contribution in [0.15, 0.2) is 34.7 Å². The minimum atomic E-state index is -0.0137. The molecule has 6 nitrogen and oxygen atoms in total. The van der Waals surface area contributed by atoms with Crippen molar-refractivity contribution in [2.45, 2.75) is 25.8 Å². The first kappa shape index (κ1) is 14.9. The Kier molecular flexibility index (Phi) is 3.80. The molecule has 0 bridgehead atoms. The van der Waals surface area contributed by atoms with Crippen LogP contribution in [0.4, 0.5) is 0 Å². The van der Waals surface area contributed by atoms with Crippen LogP contribution in [0.2, 0.25) is 0 Å². The number of carbonyl (C=O) groups excluding carboxylic acids is 2. The summed E-state index contributed by atoms with van der Waals surface area (Å²) in [5.41, 5.74) is 1.76. The maximum Gasteiger partial charge on any atom is 0.242 e. The number of oxazole rings is 1. The van der Waals surface area contributed by atoms with E-state index in [1.807, 2.05) is 30.3 Å². The van der Waals surface area contributed by atoms with Crippen molar-refractivity contribution in [3.63, 3.8) is 0 Å². The first-order valence-electron chi connectivity index (χ1n) is 8.30. The highest BCUT2D eigenvalue weighted by molar-refractivity contribution is 5.86. The fraction of sp³-hybridized carbons (Fsp3) is 0.389. The zero-order valence-corrected chi connectivity index (χ0v) is 13.4. The molecule has 6 heteroatoms. The number of benzene rings is 1. The Morgan fingerprint density at radius 1 is 1.17 bits per heavy atom. The summed E-state index contributed by atoms with van der Waals surface area (Å²) in [6.45, 7) is 1.92. The Morgan fingerprint density at radius 3 is 2.75 bits per heavy atom. The third-order valence-electron chi connectivity index (χ3n) is 4.60. The molecule has 0 saturated carbocycles. The van der Waals surface area contributed by atoms with E-state index in [0.717, 1.165) is 23.4 Å². The fourth-order valence-electron chi connectivity index (χ4n) is 3.25. The van der Waals surface area contributed by atoms with Gasteiger partial charge in [0.1, 0.15) is 11.5 Å². The minimum Gasteiger partial charge on any atom is -0.441 e. The summed E-state index contributed by atoms with van der Waals surface area (Å²) in [6, 6.07) is 9.76. The van der Waals surface area contributed by atoms with E-state index in [0.29, 0.717) is 38.4 Å². The molecule has 2 aromatic rings. The predicted molar refractivity (Wildman–Crippen MR) is 86.9 cm³/mol. The SMILES string of the molecule is O=C1CCCN1CC(=O)N1CCc2oc(-c3ccccc3)nc2C1. The smallest absolute Gasteiger partial charge is 0.242 e. The van der Waals surface area contributed by atoms with E-state index in [-0.39, 0.29) is 18.4 Å². The molecule has 0 aliphatic carbocycles. The van der Waals surface area contributed by atoms with Gasteiger partial charge in [-0.25, -0.2) is 4.98 Å². The lowest BCUT2D eigenvalue weighted by molar-refractivity contribution is -0.139. The maximum absolute atomic E-state index is 12.5. The largest absolute Gasteiger partial charge is 0.441 e. The highest BCUT2D eigenvalue weighted by Crippen LogP contribution is 2.26. The molecule has 1 saturated heterocycles. The molecule has 2 amide bonds. The first-order chi connectivity index (χ1) is 11.7. The van der Waals surface area contributed by atoms with E-state index >= 15 is 0 Å². The molecular formula is C18H19N3O3. The summed E-state index contributed by atoms with van der Waals surface area (Å²) in [5, 5.41) is 0. The van der Waals surface area contributed by atoms with E-state index in [4.69, 9.17) is 4.42 Å². The molecular weight excluding hydrogens is 306 g/mol. The zero-order valence-electron chi connectivity index (χ0n) is 13.4. The lowest BCUT2D eigenvalue weighted by Crippen LogP contribution is -2.43. The van der Waals surface area contributed by atoms with Crippen LogP contribution >= 0.6 is 0 Å². The standard InChI is InChI=1S/C18H19N3O3/c22-16-7-4-9-20(16)12-17(23)21-10-8-15-14(11-21)19-18(24-15)13-5-2-1-3-6-13/h1-3,5-6H,4,7-12H2. The van der Waals surface area contributed by atoms with Crippen LogP contribution in [-0.2, 0) is 22.6 Å². The van der Waals surface area contributed by atoms with Crippen molar-refractivity contribution in [1.82, 2.24) is 14.8 Å². The van der Waals surface area contributed by atoms with Crippen molar-refractivity contribution in [3.05, 3.63) is 41.8 Å². The van der Waals surface area contributed by atoms with Crippen LogP contribution in [0, 0.1) is 0 Å². The van der Waals surface area contributed by atoms with Crippen molar-refractivity contribution >= 4 is 11.8 Å². The van der Waals surface area contributed by atoms with Gasteiger partial charge in [-0.1, -0.05) is 18.2 Å². The van der Waals surface area contributed by atoms with Gasteiger partial charge in [0.25, 0.3) is 0 Å². The summed E-state index contributed by atoms with van der Waals surface area (Å²) < 4.78 is 5.86. The van der Waals surface area contributed by atoms with Gasteiger partial charge in [-0.3, -0.25) is 9.59 Å². The number of fused-ring (bicyclic) bond motifs is 1. The number of aromatic nitrogens is 1. The van der Waals surface area contributed by atoms with E-state index in [2.05, 4.69) is 4.98 Å². The number of rotatable bonds is 3. The van der Waals surface area contributed by atoms with Crippen LogP contribution in [0.1, 0.15) is 24.3 Å². The molecule has 2 aliphatic rings. The minimum absolute atomic E-state index is 0.0137. The first-order valence-corrected chi connectivity index (χ1v) is 8.30. The summed E-state index contributed by atoms with van der Waals surface area (Å²) in [5.74, 6) is 1.52. The van der Waals surface area contributed by atoms with Crippen molar-refractivity contribution < 1.29 is 14.0 Å². The topological polar surface area (TPSA) is 66.7 Å². The summed E-state index contributed by atoms with van der Waals surface area (Å²) in [4.78, 5) is 32.1. The molecule has 24 heavy (non-hydrogen) atoms. The lowest BCUT2D eigenvalue weighted by atomic mass is 10.1. The predicted octanol–water partition coefficient (Wildman–Crippen LogP) is 1.85. The van der Waals surface area contributed by atoms with E-state index in [1.165, 1.54) is 0 Å². The molecule has 3 heterocycles. The van der Waals surface area contributed by atoms with Gasteiger partial charge in [0.15, 0.2) is 0 Å². The van der Waals surface area contributed by atoms with Crippen LogP contribution < -0.4 is 0 Å². The Hall–Kier alpha value is -2.63. The average molecular weight is 325 g/mol. The average Bonchev–Trinajstić information content (AvgIpc) is 3.21. The Balaban J connectivity index is 1.46. The second-order valence-electron chi connectivity index (χ2n) is 6.24.